The van der Waals surface area contributed by atoms with Crippen LogP contribution in [-0.2, 0) is 0 Å². The first-order valence-electron chi connectivity index (χ1n) is 3.92. The highest BCUT2D eigenvalue weighted by Gasteiger charge is 2.10. The molecule has 68 valence electrons. The number of benzene rings is 1. The van der Waals surface area contributed by atoms with Crippen molar-refractivity contribution in [2.75, 3.05) is 0 Å². The molecule has 4 heteroatoms. The summed E-state index contributed by atoms with van der Waals surface area (Å²) in [6.45, 7) is 0. The molecule has 0 aliphatic rings. The molecule has 1 aromatic carbocycles. The maximum atomic E-state index is 8.67. The summed E-state index contributed by atoms with van der Waals surface area (Å²) >= 11 is 5.83. The second-order valence-electron chi connectivity index (χ2n) is 2.78. The summed E-state index contributed by atoms with van der Waals surface area (Å²) < 4.78 is 0. The van der Waals surface area contributed by atoms with Crippen molar-refractivity contribution < 1.29 is 5.21 Å². The Morgan fingerprint density at radius 2 is 2.15 bits per heavy atom. The lowest BCUT2D eigenvalue weighted by atomic mass is 10.2. The topological polar surface area (TPSA) is 48.0 Å². The van der Waals surface area contributed by atoms with Crippen molar-refractivity contribution in [1.29, 1.82) is 0 Å². The van der Waals surface area contributed by atoms with Gasteiger partial charge in [0.25, 0.3) is 0 Å². The zero-order valence-corrected chi connectivity index (χ0v) is 7.55. The molecule has 2 rings (SSSR count). The van der Waals surface area contributed by atoms with Gasteiger partial charge in [-0.3, -0.25) is 0 Å². The van der Waals surface area contributed by atoms with E-state index in [0.717, 1.165) is 16.5 Å². The van der Waals surface area contributed by atoms with E-state index in [9.17, 15) is 0 Å². The predicted molar refractivity (Wildman–Crippen MR) is 51.8 cm³/mol. The fourth-order valence-electron chi connectivity index (χ4n) is 1.37. The van der Waals surface area contributed by atoms with Crippen LogP contribution in [0.4, 0.5) is 0 Å². The molecule has 0 aliphatic carbocycles. The highest BCUT2D eigenvalue weighted by Crippen LogP contribution is 2.25. The normalized spacial score (nSPS) is 13.4. The van der Waals surface area contributed by atoms with E-state index in [1.807, 2.05) is 29.7 Å². The van der Waals surface area contributed by atoms with Crippen LogP contribution in [0.15, 0.2) is 30.5 Å². The standard InChI is InChI=1S/C9H9ClN2O/c10-9(12-13)7-5-11-8-4-2-1-3-6(7)8/h1-5,9,11-13H. The summed E-state index contributed by atoms with van der Waals surface area (Å²) in [7, 11) is 0. The number of hydrogen-bond donors (Lipinski definition) is 3. The Labute approximate surface area is 80.3 Å². The number of rotatable bonds is 2. The predicted octanol–water partition coefficient (Wildman–Crippen LogP) is 2.38. The molecule has 3 nitrogen and oxygen atoms in total. The van der Waals surface area contributed by atoms with E-state index >= 15 is 0 Å². The smallest absolute Gasteiger partial charge is 0.133 e. The third-order valence-corrected chi connectivity index (χ3v) is 2.34. The lowest BCUT2D eigenvalue weighted by Crippen LogP contribution is -2.09. The van der Waals surface area contributed by atoms with Crippen molar-refractivity contribution >= 4 is 22.5 Å². The number of H-pyrrole nitrogens is 1. The lowest BCUT2D eigenvalue weighted by Gasteiger charge is -2.04. The summed E-state index contributed by atoms with van der Waals surface area (Å²) in [5.74, 6) is 0. The first-order chi connectivity index (χ1) is 6.33. The number of alkyl halides is 1. The Morgan fingerprint density at radius 3 is 2.92 bits per heavy atom. The zero-order chi connectivity index (χ0) is 9.26. The average molecular weight is 197 g/mol. The number of nitrogens with one attached hydrogen (secondary N) is 2. The summed E-state index contributed by atoms with van der Waals surface area (Å²) in [5.41, 5.74) is 3.29. The van der Waals surface area contributed by atoms with Gasteiger partial charge in [-0.2, -0.15) is 5.48 Å². The number of hydrogen-bond acceptors (Lipinski definition) is 2. The van der Waals surface area contributed by atoms with Crippen LogP contribution in [0.1, 0.15) is 11.1 Å². The number of aromatic nitrogens is 1. The molecule has 0 aliphatic heterocycles. The molecule has 13 heavy (non-hydrogen) atoms. The molecule has 3 N–H and O–H groups in total. The summed E-state index contributed by atoms with van der Waals surface area (Å²) in [4.78, 5) is 3.07. The number of fused-ring (bicyclic) bond motifs is 1. The molecule has 1 heterocycles. The second-order valence-corrected chi connectivity index (χ2v) is 3.22. The van der Waals surface area contributed by atoms with Gasteiger partial charge in [-0.05, 0) is 6.07 Å². The number of para-hydroxylation sites is 1. The third kappa shape index (κ3) is 1.42. The minimum Gasteiger partial charge on any atom is -0.361 e. The van der Waals surface area contributed by atoms with Crippen molar-refractivity contribution in [2.45, 2.75) is 5.50 Å². The summed E-state index contributed by atoms with van der Waals surface area (Å²) in [6, 6.07) is 7.78. The Morgan fingerprint density at radius 1 is 1.38 bits per heavy atom. The quantitative estimate of drug-likeness (QED) is 0.392. The molecule has 0 spiro atoms. The van der Waals surface area contributed by atoms with Crippen LogP contribution in [0.3, 0.4) is 0 Å². The van der Waals surface area contributed by atoms with Crippen LogP contribution in [0.2, 0.25) is 0 Å². The largest absolute Gasteiger partial charge is 0.361 e. The van der Waals surface area contributed by atoms with E-state index in [-0.39, 0.29) is 0 Å². The minimum absolute atomic E-state index is 0.573. The van der Waals surface area contributed by atoms with Gasteiger partial charge in [-0.15, -0.1) is 0 Å². The highest BCUT2D eigenvalue weighted by molar-refractivity contribution is 6.21. The summed E-state index contributed by atoms with van der Waals surface area (Å²) in [5, 5.41) is 9.69. The van der Waals surface area contributed by atoms with Gasteiger partial charge < -0.3 is 10.2 Å². The minimum atomic E-state index is -0.573. The Bertz CT molecular complexity index is 413. The molecule has 1 atom stereocenters. The molecule has 0 radical (unpaired) electrons. The SMILES string of the molecule is ONC(Cl)c1c[nH]c2ccccc12. The van der Waals surface area contributed by atoms with Crippen molar-refractivity contribution in [3.05, 3.63) is 36.0 Å². The highest BCUT2D eigenvalue weighted by atomic mass is 35.5. The molecule has 0 saturated carbocycles. The molecule has 0 amide bonds. The molecular formula is C9H9ClN2O. The van der Waals surface area contributed by atoms with Gasteiger partial charge in [0, 0.05) is 22.7 Å². The van der Waals surface area contributed by atoms with Crippen molar-refractivity contribution in [1.82, 2.24) is 10.5 Å². The van der Waals surface area contributed by atoms with Gasteiger partial charge >= 0.3 is 0 Å². The molecule has 0 saturated heterocycles. The van der Waals surface area contributed by atoms with Crippen LogP contribution >= 0.6 is 11.6 Å². The Hall–Kier alpha value is -1.03. The van der Waals surface area contributed by atoms with Crippen LogP contribution in [0.25, 0.3) is 10.9 Å². The summed E-state index contributed by atoms with van der Waals surface area (Å²) in [6.07, 6.45) is 1.78. The Balaban J connectivity index is 2.57. The van der Waals surface area contributed by atoms with Gasteiger partial charge in [0.1, 0.15) is 5.50 Å². The van der Waals surface area contributed by atoms with Crippen LogP contribution < -0.4 is 5.48 Å². The van der Waals surface area contributed by atoms with Gasteiger partial charge in [0.05, 0.1) is 0 Å². The van der Waals surface area contributed by atoms with E-state index in [4.69, 9.17) is 16.8 Å². The fraction of sp³-hybridized carbons (Fsp3) is 0.111. The average Bonchev–Trinajstić information content (AvgIpc) is 2.60. The van der Waals surface area contributed by atoms with Gasteiger partial charge in [-0.1, -0.05) is 29.8 Å². The van der Waals surface area contributed by atoms with Crippen LogP contribution in [-0.4, -0.2) is 10.2 Å². The van der Waals surface area contributed by atoms with Crippen LogP contribution in [0, 0.1) is 0 Å². The monoisotopic (exact) mass is 196 g/mol. The molecule has 0 bridgehead atoms. The first kappa shape index (κ1) is 8.56. The third-order valence-electron chi connectivity index (χ3n) is 2.01. The van der Waals surface area contributed by atoms with Gasteiger partial charge in [-0.25, -0.2) is 0 Å². The zero-order valence-electron chi connectivity index (χ0n) is 6.79. The van der Waals surface area contributed by atoms with Crippen molar-refractivity contribution in [3.8, 4) is 0 Å². The van der Waals surface area contributed by atoms with Gasteiger partial charge in [0.2, 0.25) is 0 Å². The van der Waals surface area contributed by atoms with Crippen molar-refractivity contribution in [3.63, 3.8) is 0 Å². The maximum absolute atomic E-state index is 8.67. The molecule has 1 unspecified atom stereocenters. The second kappa shape index (κ2) is 3.38. The van der Waals surface area contributed by atoms with E-state index in [1.54, 1.807) is 6.20 Å². The Kier molecular flexibility index (Phi) is 2.22. The molecule has 2 aromatic rings. The fourth-order valence-corrected chi connectivity index (χ4v) is 1.55. The lowest BCUT2D eigenvalue weighted by molar-refractivity contribution is 0.155. The van der Waals surface area contributed by atoms with E-state index in [0.29, 0.717) is 0 Å². The molecule has 1 aromatic heterocycles. The maximum Gasteiger partial charge on any atom is 0.133 e. The van der Waals surface area contributed by atoms with E-state index in [1.165, 1.54) is 0 Å². The van der Waals surface area contributed by atoms with Gasteiger partial charge in [0.15, 0.2) is 0 Å². The van der Waals surface area contributed by atoms with Crippen molar-refractivity contribution in [2.24, 2.45) is 0 Å². The van der Waals surface area contributed by atoms with Crippen LogP contribution in [0.5, 0.6) is 0 Å². The first-order valence-corrected chi connectivity index (χ1v) is 4.36. The molecular weight excluding hydrogens is 188 g/mol. The number of halogens is 1. The molecule has 0 fully saturated rings. The van der Waals surface area contributed by atoms with E-state index in [2.05, 4.69) is 4.98 Å². The number of aromatic amines is 1. The number of hydroxylamine groups is 1. The van der Waals surface area contributed by atoms with E-state index < -0.39 is 5.50 Å².